The van der Waals surface area contributed by atoms with Gasteiger partial charge in [-0.2, -0.15) is 5.10 Å². The molecule has 0 aromatic carbocycles. The molecule has 164 valence electrons. The summed E-state index contributed by atoms with van der Waals surface area (Å²) in [5.41, 5.74) is 4.07. The molecule has 1 amide bonds. The smallest absolute Gasteiger partial charge is 0.276 e. The highest BCUT2D eigenvalue weighted by Gasteiger charge is 2.33. The fourth-order valence-electron chi connectivity index (χ4n) is 4.85. The van der Waals surface area contributed by atoms with E-state index in [9.17, 15) is 4.79 Å². The highest BCUT2D eigenvalue weighted by molar-refractivity contribution is 5.93. The largest absolute Gasteiger partial charge is 0.356 e. The maximum Gasteiger partial charge on any atom is 0.276 e. The maximum atomic E-state index is 13.3. The first-order valence-electron chi connectivity index (χ1n) is 11.2. The van der Waals surface area contributed by atoms with Crippen molar-refractivity contribution >= 4 is 17.4 Å². The molecule has 0 saturated carbocycles. The van der Waals surface area contributed by atoms with Crippen LogP contribution in [-0.2, 0) is 7.05 Å². The van der Waals surface area contributed by atoms with Gasteiger partial charge in [0.1, 0.15) is 5.82 Å². The van der Waals surface area contributed by atoms with Crippen molar-refractivity contribution < 1.29 is 4.79 Å². The molecule has 5 heterocycles. The number of hydrogen-bond acceptors (Lipinski definition) is 6. The second kappa shape index (κ2) is 7.62. The van der Waals surface area contributed by atoms with E-state index in [1.807, 2.05) is 29.5 Å². The van der Waals surface area contributed by atoms with Gasteiger partial charge in [-0.05, 0) is 45.4 Å². The van der Waals surface area contributed by atoms with Crippen LogP contribution in [0.5, 0.6) is 0 Å². The highest BCUT2D eigenvalue weighted by atomic mass is 16.2. The van der Waals surface area contributed by atoms with E-state index in [4.69, 9.17) is 10.1 Å². The van der Waals surface area contributed by atoms with Crippen LogP contribution in [-0.4, -0.2) is 60.0 Å². The molecule has 9 heteroatoms. The van der Waals surface area contributed by atoms with Gasteiger partial charge < -0.3 is 9.80 Å². The maximum absolute atomic E-state index is 13.3. The van der Waals surface area contributed by atoms with E-state index in [2.05, 4.69) is 35.3 Å². The van der Waals surface area contributed by atoms with Gasteiger partial charge in [0.15, 0.2) is 11.3 Å². The highest BCUT2D eigenvalue weighted by Crippen LogP contribution is 2.33. The molecular weight excluding hydrogens is 392 g/mol. The first kappa shape index (κ1) is 20.0. The van der Waals surface area contributed by atoms with Gasteiger partial charge in [-0.1, -0.05) is 12.1 Å². The molecule has 0 N–H and O–H groups in total. The number of aryl methyl sites for hydroxylation is 2. The summed E-state index contributed by atoms with van der Waals surface area (Å²) in [6.45, 7) is 9.07. The zero-order chi connectivity index (χ0) is 21.7. The Hall–Kier alpha value is -2.97. The lowest BCUT2D eigenvalue weighted by Crippen LogP contribution is -2.39. The van der Waals surface area contributed by atoms with Crippen molar-refractivity contribution in [3.63, 3.8) is 0 Å². The summed E-state index contributed by atoms with van der Waals surface area (Å²) in [5.74, 6) is 1.68. The number of anilines is 1. The molecular formula is C22H30N8O. The van der Waals surface area contributed by atoms with Crippen LogP contribution in [0.1, 0.15) is 66.1 Å². The average molecular weight is 423 g/mol. The number of fused-ring (bicyclic) bond motifs is 1. The normalized spacial score (nSPS) is 21.9. The first-order chi connectivity index (χ1) is 14.9. The molecule has 0 unspecified atom stereocenters. The van der Waals surface area contributed by atoms with Crippen LogP contribution in [0.2, 0.25) is 0 Å². The van der Waals surface area contributed by atoms with Gasteiger partial charge in [-0.25, -0.2) is 9.50 Å². The van der Waals surface area contributed by atoms with Gasteiger partial charge in [-0.15, -0.1) is 5.10 Å². The van der Waals surface area contributed by atoms with Crippen LogP contribution < -0.4 is 4.90 Å². The SMILES string of the molecule is Cc1cn2nc([C@@H]3CCCCN3C(=O)c3nnn(C)c3C)cc2nc1N1CC[C@H](C)C1. The summed E-state index contributed by atoms with van der Waals surface area (Å²) >= 11 is 0. The molecule has 5 rings (SSSR count). The van der Waals surface area contributed by atoms with Crippen molar-refractivity contribution in [2.24, 2.45) is 13.0 Å². The number of aromatic nitrogens is 6. The van der Waals surface area contributed by atoms with Gasteiger partial charge >= 0.3 is 0 Å². The Balaban J connectivity index is 1.48. The van der Waals surface area contributed by atoms with Crippen molar-refractivity contribution in [3.8, 4) is 0 Å². The Kier molecular flexibility index (Phi) is 4.91. The van der Waals surface area contributed by atoms with Crippen LogP contribution in [0.4, 0.5) is 5.82 Å². The van der Waals surface area contributed by atoms with E-state index in [1.54, 1.807) is 4.68 Å². The predicted molar refractivity (Wildman–Crippen MR) is 117 cm³/mol. The quantitative estimate of drug-likeness (QED) is 0.645. The van der Waals surface area contributed by atoms with Crippen LogP contribution in [0.3, 0.4) is 0 Å². The lowest BCUT2D eigenvalue weighted by molar-refractivity contribution is 0.0598. The number of piperidine rings is 1. The Morgan fingerprint density at radius 1 is 1.16 bits per heavy atom. The summed E-state index contributed by atoms with van der Waals surface area (Å²) in [5, 5.41) is 13.0. The summed E-state index contributed by atoms with van der Waals surface area (Å²) in [4.78, 5) is 22.5. The average Bonchev–Trinajstić information content (AvgIpc) is 3.46. The molecule has 3 aromatic rings. The van der Waals surface area contributed by atoms with Gasteiger partial charge in [0.05, 0.1) is 17.4 Å². The van der Waals surface area contributed by atoms with Gasteiger partial charge in [0.25, 0.3) is 5.91 Å². The summed E-state index contributed by atoms with van der Waals surface area (Å²) in [7, 11) is 1.81. The number of hydrogen-bond donors (Lipinski definition) is 0. The van der Waals surface area contributed by atoms with E-state index in [1.165, 1.54) is 6.42 Å². The minimum Gasteiger partial charge on any atom is -0.356 e. The topological polar surface area (TPSA) is 84.4 Å². The van der Waals surface area contributed by atoms with Crippen molar-refractivity contribution in [2.45, 2.75) is 52.5 Å². The molecule has 0 bridgehead atoms. The fourth-order valence-corrected chi connectivity index (χ4v) is 4.85. The number of rotatable bonds is 3. The molecule has 0 spiro atoms. The van der Waals surface area contributed by atoms with Gasteiger partial charge in [0.2, 0.25) is 0 Å². The number of carbonyl (C=O) groups is 1. The minimum absolute atomic E-state index is 0.0664. The third kappa shape index (κ3) is 3.45. The molecule has 31 heavy (non-hydrogen) atoms. The standard InChI is InChI=1S/C22H30N8O/c1-14-8-10-28(12-14)21-15(2)13-30-19(23-21)11-17(25-30)18-7-5-6-9-29(18)22(31)20-16(3)27(4)26-24-20/h11,13-14,18H,5-10,12H2,1-4H3/t14-,18-/m0/s1. The van der Waals surface area contributed by atoms with Crippen molar-refractivity contribution in [1.82, 2.24) is 34.5 Å². The number of carbonyl (C=O) groups excluding carboxylic acids is 1. The third-order valence-corrected chi connectivity index (χ3v) is 6.76. The summed E-state index contributed by atoms with van der Waals surface area (Å²) in [6, 6.07) is 1.97. The Bertz CT molecular complexity index is 1130. The van der Waals surface area contributed by atoms with E-state index in [-0.39, 0.29) is 11.9 Å². The van der Waals surface area contributed by atoms with Crippen molar-refractivity contribution in [3.05, 3.63) is 34.9 Å². The molecule has 2 fully saturated rings. The second-order valence-electron chi connectivity index (χ2n) is 9.12. The van der Waals surface area contributed by atoms with Crippen LogP contribution in [0.15, 0.2) is 12.3 Å². The fraction of sp³-hybridized carbons (Fsp3) is 0.591. The van der Waals surface area contributed by atoms with E-state index in [0.29, 0.717) is 18.2 Å². The zero-order valence-electron chi connectivity index (χ0n) is 18.7. The van der Waals surface area contributed by atoms with E-state index >= 15 is 0 Å². The van der Waals surface area contributed by atoms with Crippen LogP contribution >= 0.6 is 0 Å². The van der Waals surface area contributed by atoms with E-state index in [0.717, 1.165) is 60.8 Å². The number of nitrogens with zero attached hydrogens (tertiary/aromatic N) is 8. The predicted octanol–water partition coefficient (Wildman–Crippen LogP) is 2.69. The summed E-state index contributed by atoms with van der Waals surface area (Å²) in [6.07, 6.45) is 6.23. The van der Waals surface area contributed by atoms with Gasteiger partial charge in [-0.3, -0.25) is 9.48 Å². The molecule has 2 saturated heterocycles. The molecule has 0 radical (unpaired) electrons. The monoisotopic (exact) mass is 422 g/mol. The summed E-state index contributed by atoms with van der Waals surface area (Å²) < 4.78 is 3.50. The lowest BCUT2D eigenvalue weighted by Gasteiger charge is -2.34. The molecule has 2 aliphatic heterocycles. The van der Waals surface area contributed by atoms with Gasteiger partial charge in [0, 0.05) is 44.5 Å². The molecule has 2 aliphatic rings. The van der Waals surface area contributed by atoms with Crippen molar-refractivity contribution in [1.29, 1.82) is 0 Å². The van der Waals surface area contributed by atoms with Crippen LogP contribution in [0, 0.1) is 19.8 Å². The molecule has 2 atom stereocenters. The molecule has 9 nitrogen and oxygen atoms in total. The first-order valence-corrected chi connectivity index (χ1v) is 11.2. The lowest BCUT2D eigenvalue weighted by atomic mass is 9.99. The van der Waals surface area contributed by atoms with E-state index < -0.39 is 0 Å². The Morgan fingerprint density at radius 2 is 2.00 bits per heavy atom. The van der Waals surface area contributed by atoms with Crippen molar-refractivity contribution in [2.75, 3.05) is 24.5 Å². The minimum atomic E-state index is -0.0695. The third-order valence-electron chi connectivity index (χ3n) is 6.76. The number of amides is 1. The zero-order valence-corrected chi connectivity index (χ0v) is 18.7. The Labute approximate surface area is 182 Å². The molecule has 3 aromatic heterocycles. The molecule has 0 aliphatic carbocycles. The van der Waals surface area contributed by atoms with Crippen LogP contribution in [0.25, 0.3) is 5.65 Å². The second-order valence-corrected chi connectivity index (χ2v) is 9.12. The number of likely N-dealkylation sites (tertiary alicyclic amines) is 1. The Morgan fingerprint density at radius 3 is 2.71 bits per heavy atom.